The molecule has 6 heteroatoms. The second-order valence-corrected chi connectivity index (χ2v) is 4.49. The molecule has 0 fully saturated rings. The fourth-order valence-electron chi connectivity index (χ4n) is 1.51. The first-order chi connectivity index (χ1) is 9.11. The minimum absolute atomic E-state index is 0.0281. The SMILES string of the molecule is N#Cc1cccc(Oc2ccc(Br)cc2)c1[N+](=O)[O-]. The summed E-state index contributed by atoms with van der Waals surface area (Å²) in [5, 5.41) is 19.9. The Morgan fingerprint density at radius 2 is 1.89 bits per heavy atom. The lowest BCUT2D eigenvalue weighted by Gasteiger charge is -2.06. The Bertz CT molecular complexity index is 663. The topological polar surface area (TPSA) is 76.2 Å². The van der Waals surface area contributed by atoms with Gasteiger partial charge in [-0.15, -0.1) is 0 Å². The van der Waals surface area contributed by atoms with Crippen LogP contribution in [0.25, 0.3) is 0 Å². The molecule has 0 N–H and O–H groups in total. The number of benzene rings is 2. The first-order valence-corrected chi connectivity index (χ1v) is 6.02. The van der Waals surface area contributed by atoms with Gasteiger partial charge in [0, 0.05) is 4.47 Å². The lowest BCUT2D eigenvalue weighted by molar-refractivity contribution is -0.385. The highest BCUT2D eigenvalue weighted by Gasteiger charge is 2.21. The Morgan fingerprint density at radius 1 is 1.21 bits per heavy atom. The van der Waals surface area contributed by atoms with E-state index in [1.54, 1.807) is 36.4 Å². The summed E-state index contributed by atoms with van der Waals surface area (Å²) in [6.07, 6.45) is 0. The van der Waals surface area contributed by atoms with E-state index < -0.39 is 4.92 Å². The van der Waals surface area contributed by atoms with Crippen LogP contribution in [-0.4, -0.2) is 4.92 Å². The number of nitriles is 1. The van der Waals surface area contributed by atoms with Crippen LogP contribution >= 0.6 is 15.9 Å². The van der Waals surface area contributed by atoms with E-state index in [1.165, 1.54) is 12.1 Å². The summed E-state index contributed by atoms with van der Waals surface area (Å²) in [5.74, 6) is 0.507. The summed E-state index contributed by atoms with van der Waals surface area (Å²) in [6, 6.07) is 13.0. The Balaban J connectivity index is 2.43. The number of nitro benzene ring substituents is 1. The highest BCUT2D eigenvalue weighted by Crippen LogP contribution is 2.34. The van der Waals surface area contributed by atoms with Gasteiger partial charge in [0.05, 0.1) is 4.92 Å². The number of rotatable bonds is 3. The standard InChI is InChI=1S/C13H7BrN2O3/c14-10-4-6-11(7-5-10)19-12-3-1-2-9(8-15)13(12)16(17)18/h1-7H. The van der Waals surface area contributed by atoms with Gasteiger partial charge < -0.3 is 4.74 Å². The van der Waals surface area contributed by atoms with Crippen LogP contribution in [0.5, 0.6) is 11.5 Å². The zero-order valence-electron chi connectivity index (χ0n) is 9.54. The number of hydrogen-bond donors (Lipinski definition) is 0. The average molecular weight is 319 g/mol. The molecule has 2 rings (SSSR count). The van der Waals surface area contributed by atoms with E-state index in [4.69, 9.17) is 10.00 Å². The van der Waals surface area contributed by atoms with E-state index in [9.17, 15) is 10.1 Å². The summed E-state index contributed by atoms with van der Waals surface area (Å²) in [4.78, 5) is 10.4. The smallest absolute Gasteiger partial charge is 0.329 e. The van der Waals surface area contributed by atoms with Gasteiger partial charge in [-0.2, -0.15) is 5.26 Å². The quantitative estimate of drug-likeness (QED) is 0.632. The molecule has 19 heavy (non-hydrogen) atoms. The van der Waals surface area contributed by atoms with Gasteiger partial charge in [0.1, 0.15) is 17.4 Å². The van der Waals surface area contributed by atoms with Crippen LogP contribution in [0.3, 0.4) is 0 Å². The third-order valence-corrected chi connectivity index (χ3v) is 2.87. The van der Waals surface area contributed by atoms with Crippen LogP contribution in [0.1, 0.15) is 5.56 Å². The molecule has 0 spiro atoms. The fraction of sp³-hybridized carbons (Fsp3) is 0. The molecule has 0 radical (unpaired) electrons. The molecule has 0 bridgehead atoms. The third kappa shape index (κ3) is 2.89. The van der Waals surface area contributed by atoms with Crippen LogP contribution in [0.15, 0.2) is 46.9 Å². The van der Waals surface area contributed by atoms with Crippen LogP contribution in [0.4, 0.5) is 5.69 Å². The zero-order chi connectivity index (χ0) is 13.8. The van der Waals surface area contributed by atoms with Gasteiger partial charge in [-0.3, -0.25) is 10.1 Å². The lowest BCUT2D eigenvalue weighted by atomic mass is 10.2. The lowest BCUT2D eigenvalue weighted by Crippen LogP contribution is -1.96. The summed E-state index contributed by atoms with van der Waals surface area (Å²) in [5.41, 5.74) is -0.354. The molecular weight excluding hydrogens is 312 g/mol. The van der Waals surface area contributed by atoms with E-state index >= 15 is 0 Å². The second kappa shape index (κ2) is 5.50. The molecule has 2 aromatic rings. The van der Waals surface area contributed by atoms with Crippen molar-refractivity contribution in [3.8, 4) is 17.6 Å². The first kappa shape index (κ1) is 13.1. The molecule has 0 heterocycles. The molecule has 5 nitrogen and oxygen atoms in total. The fourth-order valence-corrected chi connectivity index (χ4v) is 1.78. The molecule has 0 aliphatic rings. The van der Waals surface area contributed by atoms with Gasteiger partial charge in [0.15, 0.2) is 0 Å². The van der Waals surface area contributed by atoms with Crippen LogP contribution in [0, 0.1) is 21.4 Å². The maximum atomic E-state index is 11.0. The number of halogens is 1. The molecule has 0 saturated heterocycles. The van der Waals surface area contributed by atoms with Gasteiger partial charge in [-0.25, -0.2) is 0 Å². The molecule has 94 valence electrons. The highest BCUT2D eigenvalue weighted by atomic mass is 79.9. The largest absolute Gasteiger partial charge is 0.450 e. The summed E-state index contributed by atoms with van der Waals surface area (Å²) in [7, 11) is 0. The molecule has 2 aromatic carbocycles. The molecule has 0 aliphatic carbocycles. The zero-order valence-corrected chi connectivity index (χ0v) is 11.1. The average Bonchev–Trinajstić information content (AvgIpc) is 2.40. The summed E-state index contributed by atoms with van der Waals surface area (Å²) in [6.45, 7) is 0. The molecule has 0 saturated carbocycles. The molecular formula is C13H7BrN2O3. The van der Waals surface area contributed by atoms with Crippen LogP contribution in [-0.2, 0) is 0 Å². The van der Waals surface area contributed by atoms with E-state index in [0.717, 1.165) is 4.47 Å². The predicted molar refractivity (Wildman–Crippen MR) is 72.0 cm³/mol. The minimum atomic E-state index is -0.618. The van der Waals surface area contributed by atoms with Gasteiger partial charge in [-0.05, 0) is 36.4 Å². The molecule has 0 amide bonds. The summed E-state index contributed by atoms with van der Waals surface area (Å²) < 4.78 is 6.33. The van der Waals surface area contributed by atoms with E-state index in [2.05, 4.69) is 15.9 Å². The maximum absolute atomic E-state index is 11.0. The van der Waals surface area contributed by atoms with Gasteiger partial charge >= 0.3 is 5.69 Å². The molecule has 0 aliphatic heterocycles. The number of nitrogens with zero attached hydrogens (tertiary/aromatic N) is 2. The minimum Gasteiger partial charge on any atom is -0.450 e. The van der Waals surface area contributed by atoms with Crippen molar-refractivity contribution in [2.45, 2.75) is 0 Å². The van der Waals surface area contributed by atoms with Crippen LogP contribution < -0.4 is 4.74 Å². The number of hydrogen-bond acceptors (Lipinski definition) is 4. The van der Waals surface area contributed by atoms with Crippen molar-refractivity contribution < 1.29 is 9.66 Å². The number of ether oxygens (including phenoxy) is 1. The first-order valence-electron chi connectivity index (χ1n) is 5.22. The second-order valence-electron chi connectivity index (χ2n) is 3.58. The third-order valence-electron chi connectivity index (χ3n) is 2.34. The van der Waals surface area contributed by atoms with Crippen LogP contribution in [0.2, 0.25) is 0 Å². The van der Waals surface area contributed by atoms with Gasteiger partial charge in [0.2, 0.25) is 5.75 Å². The Kier molecular flexibility index (Phi) is 3.78. The maximum Gasteiger partial charge on any atom is 0.329 e. The van der Waals surface area contributed by atoms with Crippen molar-refractivity contribution in [2.24, 2.45) is 0 Å². The van der Waals surface area contributed by atoms with Crippen molar-refractivity contribution >= 4 is 21.6 Å². The van der Waals surface area contributed by atoms with E-state index in [-0.39, 0.29) is 17.0 Å². The molecule has 0 atom stereocenters. The van der Waals surface area contributed by atoms with Crippen molar-refractivity contribution in [3.05, 3.63) is 62.6 Å². The van der Waals surface area contributed by atoms with Gasteiger partial charge in [0.25, 0.3) is 0 Å². The van der Waals surface area contributed by atoms with Crippen molar-refractivity contribution in [1.29, 1.82) is 5.26 Å². The molecule has 0 unspecified atom stereocenters. The highest BCUT2D eigenvalue weighted by molar-refractivity contribution is 9.10. The Morgan fingerprint density at radius 3 is 2.47 bits per heavy atom. The predicted octanol–water partition coefficient (Wildman–Crippen LogP) is 4.02. The number of nitro groups is 1. The summed E-state index contributed by atoms with van der Waals surface area (Å²) >= 11 is 3.28. The normalized spacial score (nSPS) is 9.68. The van der Waals surface area contributed by atoms with Crippen molar-refractivity contribution in [2.75, 3.05) is 0 Å². The Labute approximate surface area is 117 Å². The van der Waals surface area contributed by atoms with E-state index in [1.807, 2.05) is 0 Å². The van der Waals surface area contributed by atoms with Crippen molar-refractivity contribution in [3.63, 3.8) is 0 Å². The monoisotopic (exact) mass is 318 g/mol. The van der Waals surface area contributed by atoms with E-state index in [0.29, 0.717) is 5.75 Å². The molecule has 0 aromatic heterocycles. The number of para-hydroxylation sites is 1. The Hall–Kier alpha value is -2.39. The van der Waals surface area contributed by atoms with Gasteiger partial charge in [-0.1, -0.05) is 22.0 Å². The van der Waals surface area contributed by atoms with Crippen molar-refractivity contribution in [1.82, 2.24) is 0 Å².